The first kappa shape index (κ1) is 15.5. The van der Waals surface area contributed by atoms with Gasteiger partial charge in [0.15, 0.2) is 5.69 Å². The maximum absolute atomic E-state index is 12.4. The fraction of sp³-hybridized carbons (Fsp3) is 0.214. The van der Waals surface area contributed by atoms with Gasteiger partial charge in [-0.25, -0.2) is 4.98 Å². The molecule has 0 radical (unpaired) electrons. The van der Waals surface area contributed by atoms with Gasteiger partial charge in [0.25, 0.3) is 0 Å². The summed E-state index contributed by atoms with van der Waals surface area (Å²) in [7, 11) is 0. The van der Waals surface area contributed by atoms with E-state index in [-0.39, 0.29) is 13.2 Å². The molecule has 0 N–H and O–H groups in total. The van der Waals surface area contributed by atoms with E-state index in [4.69, 9.17) is 4.74 Å². The number of para-hydroxylation sites is 1. The number of benzene rings is 1. The third-order valence-corrected chi connectivity index (χ3v) is 3.93. The first-order chi connectivity index (χ1) is 10.9. The quantitative estimate of drug-likeness (QED) is 0.684. The predicted molar refractivity (Wildman–Crippen MR) is 76.6 cm³/mol. The van der Waals surface area contributed by atoms with E-state index in [1.54, 1.807) is 0 Å². The average Bonchev–Trinajstić information content (AvgIpc) is 3.10. The molecular formula is C14H10F3N3O2S. The molecule has 0 amide bonds. The highest BCUT2D eigenvalue weighted by molar-refractivity contribution is 7.18. The topological polar surface area (TPSA) is 57.0 Å². The summed E-state index contributed by atoms with van der Waals surface area (Å²) < 4.78 is 44.1. The van der Waals surface area contributed by atoms with E-state index >= 15 is 0 Å². The Bertz CT molecular complexity index is 808. The number of carbonyl (C=O) groups excluding carboxylic acids is 1. The highest BCUT2D eigenvalue weighted by atomic mass is 32.1. The molecule has 0 unspecified atom stereocenters. The van der Waals surface area contributed by atoms with E-state index < -0.39 is 17.8 Å². The molecule has 2 aromatic heterocycles. The summed E-state index contributed by atoms with van der Waals surface area (Å²) >= 11 is 1.39. The molecule has 0 spiro atoms. The molecule has 120 valence electrons. The number of carbonyl (C=O) groups is 1. The Morgan fingerprint density at radius 1 is 1.26 bits per heavy atom. The molecule has 0 saturated heterocycles. The van der Waals surface area contributed by atoms with Crippen LogP contribution in [0.25, 0.3) is 10.2 Å². The number of alkyl halides is 3. The van der Waals surface area contributed by atoms with Crippen molar-refractivity contribution in [2.75, 3.05) is 0 Å². The molecular weight excluding hydrogens is 331 g/mol. The highest BCUT2D eigenvalue weighted by Gasteiger charge is 2.33. The van der Waals surface area contributed by atoms with Crippen LogP contribution in [0.4, 0.5) is 13.2 Å². The Hall–Kier alpha value is -2.42. The molecule has 0 saturated carbocycles. The number of nitrogens with zero attached hydrogens (tertiary/aromatic N) is 3. The van der Waals surface area contributed by atoms with Gasteiger partial charge in [0.05, 0.1) is 10.2 Å². The van der Waals surface area contributed by atoms with Gasteiger partial charge in [-0.1, -0.05) is 12.1 Å². The lowest BCUT2D eigenvalue weighted by atomic mass is 10.3. The summed E-state index contributed by atoms with van der Waals surface area (Å²) in [5.41, 5.74) is -0.234. The van der Waals surface area contributed by atoms with Gasteiger partial charge in [0.1, 0.15) is 18.2 Å². The number of ether oxygens (including phenoxy) is 1. The van der Waals surface area contributed by atoms with E-state index in [0.29, 0.717) is 5.01 Å². The van der Waals surface area contributed by atoms with Crippen molar-refractivity contribution in [3.05, 3.63) is 47.2 Å². The molecule has 0 aliphatic carbocycles. The molecule has 0 aliphatic heterocycles. The number of fused-ring (bicyclic) bond motifs is 1. The van der Waals surface area contributed by atoms with Gasteiger partial charge in [0, 0.05) is 6.20 Å². The minimum Gasteiger partial charge on any atom is -0.457 e. The third-order valence-electron chi connectivity index (χ3n) is 2.92. The Morgan fingerprint density at radius 2 is 2.04 bits per heavy atom. The van der Waals surface area contributed by atoms with Crippen molar-refractivity contribution in [2.45, 2.75) is 19.3 Å². The number of rotatable bonds is 4. The number of halogens is 3. The van der Waals surface area contributed by atoms with Crippen LogP contribution in [-0.4, -0.2) is 20.7 Å². The van der Waals surface area contributed by atoms with E-state index in [1.807, 2.05) is 24.3 Å². The Morgan fingerprint density at radius 3 is 2.74 bits per heavy atom. The standard InChI is InChI=1S/C14H10F3N3O2S/c15-14(16,17)11-5-6-20(19-11)7-13(21)22-8-12-18-9-3-1-2-4-10(9)23-12/h1-6H,7-8H2. The molecule has 0 fully saturated rings. The molecule has 5 nitrogen and oxygen atoms in total. The van der Waals surface area contributed by atoms with Crippen molar-refractivity contribution >= 4 is 27.5 Å². The van der Waals surface area contributed by atoms with Gasteiger partial charge < -0.3 is 4.74 Å². The molecule has 2 heterocycles. The van der Waals surface area contributed by atoms with E-state index in [1.165, 1.54) is 11.3 Å². The SMILES string of the molecule is O=C(Cn1ccc(C(F)(F)F)n1)OCc1nc2ccccc2s1. The molecule has 3 aromatic rings. The van der Waals surface area contributed by atoms with Crippen LogP contribution in [0.1, 0.15) is 10.7 Å². The first-order valence-corrected chi connectivity index (χ1v) is 7.34. The monoisotopic (exact) mass is 341 g/mol. The minimum atomic E-state index is -4.53. The number of hydrogen-bond donors (Lipinski definition) is 0. The lowest BCUT2D eigenvalue weighted by molar-refractivity contribution is -0.147. The highest BCUT2D eigenvalue weighted by Crippen LogP contribution is 2.27. The molecule has 23 heavy (non-hydrogen) atoms. The zero-order valence-corrected chi connectivity index (χ0v) is 12.4. The molecule has 0 atom stereocenters. The van der Waals surface area contributed by atoms with Crippen molar-refractivity contribution in [3.8, 4) is 0 Å². The minimum absolute atomic E-state index is 0.0222. The van der Waals surface area contributed by atoms with Crippen LogP contribution in [-0.2, 0) is 28.9 Å². The van der Waals surface area contributed by atoms with Gasteiger partial charge in [-0.05, 0) is 18.2 Å². The zero-order valence-electron chi connectivity index (χ0n) is 11.6. The van der Waals surface area contributed by atoms with Crippen molar-refractivity contribution in [2.24, 2.45) is 0 Å². The maximum Gasteiger partial charge on any atom is 0.435 e. The van der Waals surface area contributed by atoms with Gasteiger partial charge in [-0.2, -0.15) is 18.3 Å². The van der Waals surface area contributed by atoms with Crippen LogP contribution in [0.15, 0.2) is 36.5 Å². The molecule has 3 rings (SSSR count). The second-order valence-corrected chi connectivity index (χ2v) is 5.75. The number of aromatic nitrogens is 3. The summed E-state index contributed by atoms with van der Waals surface area (Å²) in [4.78, 5) is 16.0. The largest absolute Gasteiger partial charge is 0.457 e. The Balaban J connectivity index is 1.58. The Labute approximate surface area is 132 Å². The number of esters is 1. The van der Waals surface area contributed by atoms with Gasteiger partial charge in [-0.15, -0.1) is 11.3 Å². The molecule has 0 bridgehead atoms. The van der Waals surface area contributed by atoms with E-state index in [0.717, 1.165) is 27.2 Å². The van der Waals surface area contributed by atoms with Crippen LogP contribution in [0, 0.1) is 0 Å². The van der Waals surface area contributed by atoms with Crippen LogP contribution in [0.2, 0.25) is 0 Å². The van der Waals surface area contributed by atoms with E-state index in [2.05, 4.69) is 10.1 Å². The second-order valence-electron chi connectivity index (χ2n) is 4.63. The average molecular weight is 341 g/mol. The Kier molecular flexibility index (Phi) is 4.03. The molecule has 9 heteroatoms. The zero-order chi connectivity index (χ0) is 16.4. The van der Waals surface area contributed by atoms with Crippen molar-refractivity contribution in [1.29, 1.82) is 0 Å². The van der Waals surface area contributed by atoms with Gasteiger partial charge in [-0.3, -0.25) is 9.48 Å². The second kappa shape index (κ2) is 5.99. The van der Waals surface area contributed by atoms with Crippen LogP contribution in [0.3, 0.4) is 0 Å². The summed E-state index contributed by atoms with van der Waals surface area (Å²) in [6.07, 6.45) is -3.45. The van der Waals surface area contributed by atoms with E-state index in [9.17, 15) is 18.0 Å². The van der Waals surface area contributed by atoms with Crippen molar-refractivity contribution in [1.82, 2.24) is 14.8 Å². The summed E-state index contributed by atoms with van der Waals surface area (Å²) in [5.74, 6) is -0.680. The number of thiazole rings is 1. The fourth-order valence-electron chi connectivity index (χ4n) is 1.90. The van der Waals surface area contributed by atoms with Crippen LogP contribution in [0.5, 0.6) is 0 Å². The lowest BCUT2D eigenvalue weighted by Gasteiger charge is -2.03. The van der Waals surface area contributed by atoms with Gasteiger partial charge >= 0.3 is 12.1 Å². The van der Waals surface area contributed by atoms with Crippen LogP contribution < -0.4 is 0 Å². The normalized spacial score (nSPS) is 11.8. The summed E-state index contributed by atoms with van der Waals surface area (Å²) in [5, 5.41) is 3.91. The van der Waals surface area contributed by atoms with Gasteiger partial charge in [0.2, 0.25) is 0 Å². The van der Waals surface area contributed by atoms with Crippen molar-refractivity contribution < 1.29 is 22.7 Å². The third kappa shape index (κ3) is 3.67. The lowest BCUT2D eigenvalue weighted by Crippen LogP contribution is -2.15. The maximum atomic E-state index is 12.4. The van der Waals surface area contributed by atoms with Crippen LogP contribution >= 0.6 is 11.3 Å². The summed E-state index contributed by atoms with van der Waals surface area (Å²) in [6.45, 7) is -0.410. The molecule has 0 aliphatic rings. The fourth-order valence-corrected chi connectivity index (χ4v) is 2.78. The predicted octanol–water partition coefficient (Wildman–Crippen LogP) is 3.26. The number of hydrogen-bond acceptors (Lipinski definition) is 5. The van der Waals surface area contributed by atoms with Crippen molar-refractivity contribution in [3.63, 3.8) is 0 Å². The summed E-state index contributed by atoms with van der Waals surface area (Å²) in [6, 6.07) is 8.29. The first-order valence-electron chi connectivity index (χ1n) is 6.52. The smallest absolute Gasteiger partial charge is 0.435 e. The molecule has 1 aromatic carbocycles.